The van der Waals surface area contributed by atoms with E-state index in [9.17, 15) is 25.3 Å². The number of benzene rings is 1. The Morgan fingerprint density at radius 2 is 1.20 bits per heavy atom. The minimum atomic E-state index is -0.873. The van der Waals surface area contributed by atoms with Crippen molar-refractivity contribution in [2.45, 2.75) is 77.6 Å². The number of nitro benzene ring substituents is 2. The van der Waals surface area contributed by atoms with Crippen molar-refractivity contribution in [2.75, 3.05) is 0 Å². The van der Waals surface area contributed by atoms with Crippen LogP contribution in [0.2, 0.25) is 0 Å². The molecule has 1 rings (SSSR count). The number of rotatable bonds is 13. The molecule has 0 atom stereocenters. The molecule has 1 aromatic carbocycles. The minimum Gasteiger partial charge on any atom is -0.497 e. The first kappa shape index (κ1) is 20.9. The van der Waals surface area contributed by atoms with Crippen molar-refractivity contribution in [3.05, 3.63) is 37.9 Å². The number of hydrogen-bond donors (Lipinski definition) is 1. The van der Waals surface area contributed by atoms with Crippen LogP contribution in [0.15, 0.2) is 12.1 Å². The number of phenols is 1. The van der Waals surface area contributed by atoms with Crippen molar-refractivity contribution in [3.8, 4) is 5.75 Å². The Labute approximate surface area is 148 Å². The molecule has 0 bridgehead atoms. The van der Waals surface area contributed by atoms with Gasteiger partial charge in [-0.1, -0.05) is 64.7 Å². The van der Waals surface area contributed by atoms with Gasteiger partial charge in [-0.15, -0.1) is 0 Å². The summed E-state index contributed by atoms with van der Waals surface area (Å²) in [5.74, 6) is -0.873. The SMILES string of the molecule is CCCCCCCCCCCCc1cc([N+](=O)[O-])c(O)c([N+](=O)[O-])c1. The average molecular weight is 352 g/mol. The number of hydrogen-bond acceptors (Lipinski definition) is 5. The van der Waals surface area contributed by atoms with Gasteiger partial charge in [0.05, 0.1) is 9.85 Å². The van der Waals surface area contributed by atoms with E-state index in [0.717, 1.165) is 19.3 Å². The quantitative estimate of drug-likeness (QED) is 0.279. The highest BCUT2D eigenvalue weighted by molar-refractivity contribution is 5.61. The lowest BCUT2D eigenvalue weighted by molar-refractivity contribution is -0.396. The van der Waals surface area contributed by atoms with Gasteiger partial charge in [-0.2, -0.15) is 0 Å². The van der Waals surface area contributed by atoms with Crippen LogP contribution in [-0.2, 0) is 6.42 Å². The van der Waals surface area contributed by atoms with Gasteiger partial charge in [0.25, 0.3) is 5.75 Å². The van der Waals surface area contributed by atoms with Crippen molar-refractivity contribution in [1.82, 2.24) is 0 Å². The molecule has 0 heterocycles. The summed E-state index contributed by atoms with van der Waals surface area (Å²) >= 11 is 0. The molecule has 0 saturated carbocycles. The lowest BCUT2D eigenvalue weighted by Crippen LogP contribution is -1.97. The zero-order valence-corrected chi connectivity index (χ0v) is 14.9. The largest absolute Gasteiger partial charge is 0.497 e. The molecule has 7 heteroatoms. The van der Waals surface area contributed by atoms with E-state index in [4.69, 9.17) is 0 Å². The minimum absolute atomic E-state index is 0.524. The van der Waals surface area contributed by atoms with Gasteiger partial charge in [-0.3, -0.25) is 20.2 Å². The maximum absolute atomic E-state index is 10.9. The maximum atomic E-state index is 10.9. The Morgan fingerprint density at radius 3 is 1.60 bits per heavy atom. The molecule has 1 aromatic rings. The third-order valence-electron chi connectivity index (χ3n) is 4.34. The average Bonchev–Trinajstić information content (AvgIpc) is 2.57. The smallest absolute Gasteiger partial charge is 0.318 e. The van der Waals surface area contributed by atoms with Crippen LogP contribution in [0.5, 0.6) is 5.75 Å². The Balaban J connectivity index is 2.37. The number of phenolic OH excluding ortho intramolecular Hbond substituents is 1. The van der Waals surface area contributed by atoms with Crippen LogP contribution in [0.1, 0.15) is 76.7 Å². The van der Waals surface area contributed by atoms with Gasteiger partial charge in [0.2, 0.25) is 0 Å². The molecular formula is C18H28N2O5. The fraction of sp³-hybridized carbons (Fsp3) is 0.667. The molecule has 0 aliphatic heterocycles. The second-order valence-electron chi connectivity index (χ2n) is 6.43. The van der Waals surface area contributed by atoms with Gasteiger partial charge < -0.3 is 5.11 Å². The summed E-state index contributed by atoms with van der Waals surface area (Å²) < 4.78 is 0. The van der Waals surface area contributed by atoms with E-state index in [1.165, 1.54) is 57.1 Å². The van der Waals surface area contributed by atoms with Crippen LogP contribution in [0.25, 0.3) is 0 Å². The van der Waals surface area contributed by atoms with Gasteiger partial charge in [-0.05, 0) is 18.4 Å². The van der Waals surface area contributed by atoms with Crippen LogP contribution in [0.4, 0.5) is 11.4 Å². The monoisotopic (exact) mass is 352 g/mol. The molecule has 0 aromatic heterocycles. The van der Waals surface area contributed by atoms with Crippen molar-refractivity contribution < 1.29 is 15.0 Å². The van der Waals surface area contributed by atoms with E-state index in [0.29, 0.717) is 12.0 Å². The molecule has 140 valence electrons. The summed E-state index contributed by atoms with van der Waals surface area (Å²) in [5, 5.41) is 31.4. The van der Waals surface area contributed by atoms with Crippen LogP contribution in [0.3, 0.4) is 0 Å². The fourth-order valence-corrected chi connectivity index (χ4v) is 2.90. The topological polar surface area (TPSA) is 107 Å². The van der Waals surface area contributed by atoms with Crippen molar-refractivity contribution in [1.29, 1.82) is 0 Å². The van der Waals surface area contributed by atoms with Crippen LogP contribution in [0, 0.1) is 20.2 Å². The molecule has 0 unspecified atom stereocenters. The first-order chi connectivity index (χ1) is 12.0. The molecule has 25 heavy (non-hydrogen) atoms. The number of nitro groups is 2. The van der Waals surface area contributed by atoms with Gasteiger partial charge in [0.1, 0.15) is 0 Å². The van der Waals surface area contributed by atoms with E-state index in [-0.39, 0.29) is 0 Å². The zero-order valence-electron chi connectivity index (χ0n) is 14.9. The highest BCUT2D eigenvalue weighted by atomic mass is 16.6. The molecule has 0 aliphatic rings. The summed E-state index contributed by atoms with van der Waals surface area (Å²) in [7, 11) is 0. The van der Waals surface area contributed by atoms with Gasteiger partial charge in [0, 0.05) is 12.1 Å². The first-order valence-electron chi connectivity index (χ1n) is 9.12. The first-order valence-corrected chi connectivity index (χ1v) is 9.12. The molecule has 0 radical (unpaired) electrons. The van der Waals surface area contributed by atoms with Crippen LogP contribution in [-0.4, -0.2) is 15.0 Å². The van der Waals surface area contributed by atoms with Crippen molar-refractivity contribution in [2.24, 2.45) is 0 Å². The Kier molecular flexibility index (Phi) is 9.50. The lowest BCUT2D eigenvalue weighted by atomic mass is 10.0. The third-order valence-corrected chi connectivity index (χ3v) is 4.34. The van der Waals surface area contributed by atoms with Gasteiger partial charge in [-0.25, -0.2) is 0 Å². The summed E-state index contributed by atoms with van der Waals surface area (Å²) in [6.45, 7) is 2.21. The normalized spacial score (nSPS) is 10.8. The number of nitrogens with zero attached hydrogens (tertiary/aromatic N) is 2. The second-order valence-corrected chi connectivity index (χ2v) is 6.43. The molecule has 0 fully saturated rings. The van der Waals surface area contributed by atoms with E-state index < -0.39 is 27.0 Å². The molecule has 0 aliphatic carbocycles. The van der Waals surface area contributed by atoms with Crippen LogP contribution >= 0.6 is 0 Å². The Hall–Kier alpha value is -2.18. The number of aromatic hydroxyl groups is 1. The summed E-state index contributed by atoms with van der Waals surface area (Å²) in [6.07, 6.45) is 12.3. The summed E-state index contributed by atoms with van der Waals surface area (Å²) in [5.41, 5.74) is -0.677. The second kappa shape index (κ2) is 11.4. The molecule has 0 amide bonds. The lowest BCUT2D eigenvalue weighted by Gasteiger charge is -2.05. The zero-order chi connectivity index (χ0) is 18.7. The number of aryl methyl sites for hydroxylation is 1. The Morgan fingerprint density at radius 1 is 0.800 bits per heavy atom. The standard InChI is InChI=1S/C18H28N2O5/c1-2-3-4-5-6-7-8-9-10-11-12-15-13-16(19(22)23)18(21)17(14-15)20(24)25/h13-14,21H,2-12H2,1H3. The van der Waals surface area contributed by atoms with E-state index in [1.54, 1.807) is 0 Å². The molecule has 1 N–H and O–H groups in total. The molecular weight excluding hydrogens is 324 g/mol. The predicted molar refractivity (Wildman–Crippen MR) is 97.0 cm³/mol. The van der Waals surface area contributed by atoms with Gasteiger partial charge in [0.15, 0.2) is 0 Å². The summed E-state index contributed by atoms with van der Waals surface area (Å²) in [4.78, 5) is 20.3. The van der Waals surface area contributed by atoms with E-state index in [2.05, 4.69) is 6.92 Å². The van der Waals surface area contributed by atoms with Crippen molar-refractivity contribution >= 4 is 11.4 Å². The van der Waals surface area contributed by atoms with E-state index >= 15 is 0 Å². The molecule has 7 nitrogen and oxygen atoms in total. The maximum Gasteiger partial charge on any atom is 0.318 e. The number of unbranched alkanes of at least 4 members (excludes halogenated alkanes) is 9. The Bertz CT molecular complexity index is 540. The molecule has 0 spiro atoms. The highest BCUT2D eigenvalue weighted by Crippen LogP contribution is 2.37. The van der Waals surface area contributed by atoms with Crippen molar-refractivity contribution in [3.63, 3.8) is 0 Å². The fourth-order valence-electron chi connectivity index (χ4n) is 2.90. The van der Waals surface area contributed by atoms with Crippen LogP contribution < -0.4 is 0 Å². The van der Waals surface area contributed by atoms with E-state index in [1.807, 2.05) is 0 Å². The summed E-state index contributed by atoms with van der Waals surface area (Å²) in [6, 6.07) is 2.46. The van der Waals surface area contributed by atoms with Gasteiger partial charge >= 0.3 is 11.4 Å². The predicted octanol–water partition coefficient (Wildman–Crippen LogP) is 5.67. The molecule has 0 saturated heterocycles. The third kappa shape index (κ3) is 7.49. The highest BCUT2D eigenvalue weighted by Gasteiger charge is 2.25.